The normalized spacial score (nSPS) is 46.0. The molecule has 0 spiro atoms. The number of hydrogen-bond donors (Lipinski definition) is 0. The van der Waals surface area contributed by atoms with Gasteiger partial charge in [-0.25, -0.2) is 0 Å². The van der Waals surface area contributed by atoms with Gasteiger partial charge >= 0.3 is 0 Å². The third kappa shape index (κ3) is 1.20. The van der Waals surface area contributed by atoms with Gasteiger partial charge < -0.3 is 0 Å². The average molecular weight is 166 g/mol. The standard InChI is InChI=1S/C12H22/c1-4-12-10-5-9(8(2)3)6-11(12)7-10/h8-12H,4-7H2,1-3H3. The van der Waals surface area contributed by atoms with Crippen LogP contribution in [0.5, 0.6) is 0 Å². The predicted molar refractivity (Wildman–Crippen MR) is 52.9 cm³/mol. The summed E-state index contributed by atoms with van der Waals surface area (Å²) in [6, 6.07) is 0. The average Bonchev–Trinajstić information content (AvgIpc) is 2.05. The van der Waals surface area contributed by atoms with E-state index in [-0.39, 0.29) is 0 Å². The molecule has 3 aliphatic carbocycles. The van der Waals surface area contributed by atoms with Crippen LogP contribution in [0.3, 0.4) is 0 Å². The Hall–Kier alpha value is 0. The third-order valence-corrected chi connectivity index (χ3v) is 4.44. The number of fused-ring (bicyclic) bond motifs is 2. The van der Waals surface area contributed by atoms with Crippen molar-refractivity contribution in [2.75, 3.05) is 0 Å². The Bertz CT molecular complexity index is 147. The van der Waals surface area contributed by atoms with Gasteiger partial charge in [0, 0.05) is 0 Å². The van der Waals surface area contributed by atoms with E-state index in [4.69, 9.17) is 0 Å². The van der Waals surface area contributed by atoms with E-state index < -0.39 is 0 Å². The topological polar surface area (TPSA) is 0 Å². The summed E-state index contributed by atoms with van der Waals surface area (Å²) in [4.78, 5) is 0. The fourth-order valence-corrected chi connectivity index (χ4v) is 3.55. The van der Waals surface area contributed by atoms with E-state index in [1.807, 2.05) is 0 Å². The van der Waals surface area contributed by atoms with Gasteiger partial charge in [-0.2, -0.15) is 0 Å². The number of hydrogen-bond acceptors (Lipinski definition) is 0. The molecule has 0 aliphatic heterocycles. The van der Waals surface area contributed by atoms with E-state index in [2.05, 4.69) is 20.8 Å². The summed E-state index contributed by atoms with van der Waals surface area (Å²) in [6.45, 7) is 7.17. The van der Waals surface area contributed by atoms with Crippen molar-refractivity contribution < 1.29 is 0 Å². The van der Waals surface area contributed by atoms with Gasteiger partial charge in [0.15, 0.2) is 0 Å². The smallest absolute Gasteiger partial charge is 0.0360 e. The summed E-state index contributed by atoms with van der Waals surface area (Å²) in [5.74, 6) is 5.38. The molecule has 0 aromatic rings. The molecule has 12 heavy (non-hydrogen) atoms. The molecule has 3 rings (SSSR count). The Morgan fingerprint density at radius 3 is 2.08 bits per heavy atom. The minimum absolute atomic E-state index is 0.938. The van der Waals surface area contributed by atoms with Crippen LogP contribution in [0, 0.1) is 29.6 Å². The summed E-state index contributed by atoms with van der Waals surface area (Å²) >= 11 is 0. The second kappa shape index (κ2) is 3.05. The maximum absolute atomic E-state index is 2.40. The Kier molecular flexibility index (Phi) is 2.18. The fraction of sp³-hybridized carbons (Fsp3) is 1.00. The Balaban J connectivity index is 1.92. The third-order valence-electron chi connectivity index (χ3n) is 4.44. The molecule has 3 aliphatic rings. The summed E-state index contributed by atoms with van der Waals surface area (Å²) in [5.41, 5.74) is 0. The first-order valence-electron chi connectivity index (χ1n) is 5.72. The Labute approximate surface area is 76.7 Å². The first kappa shape index (κ1) is 8.59. The van der Waals surface area contributed by atoms with Crippen LogP contribution >= 0.6 is 0 Å². The van der Waals surface area contributed by atoms with E-state index >= 15 is 0 Å². The van der Waals surface area contributed by atoms with Crippen LogP contribution in [-0.2, 0) is 0 Å². The maximum Gasteiger partial charge on any atom is -0.0360 e. The van der Waals surface area contributed by atoms with Crippen molar-refractivity contribution in [3.63, 3.8) is 0 Å². The predicted octanol–water partition coefficient (Wildman–Crippen LogP) is 3.71. The molecular weight excluding hydrogens is 144 g/mol. The van der Waals surface area contributed by atoms with Crippen LogP contribution in [0.1, 0.15) is 46.5 Å². The summed E-state index contributed by atoms with van der Waals surface area (Å²) < 4.78 is 0. The van der Waals surface area contributed by atoms with E-state index in [1.165, 1.54) is 6.42 Å². The molecule has 0 heteroatoms. The lowest BCUT2D eigenvalue weighted by Gasteiger charge is -2.53. The Morgan fingerprint density at radius 1 is 1.08 bits per heavy atom. The van der Waals surface area contributed by atoms with Crippen molar-refractivity contribution >= 4 is 0 Å². The fourth-order valence-electron chi connectivity index (χ4n) is 3.55. The quantitative estimate of drug-likeness (QED) is 0.586. The van der Waals surface area contributed by atoms with Crippen LogP contribution in [0.4, 0.5) is 0 Å². The SMILES string of the molecule is CCC1C2CC(C(C)C)CC1C2. The van der Waals surface area contributed by atoms with Crippen LogP contribution < -0.4 is 0 Å². The van der Waals surface area contributed by atoms with Gasteiger partial charge in [0.1, 0.15) is 0 Å². The van der Waals surface area contributed by atoms with Crippen LogP contribution in [0.25, 0.3) is 0 Å². The highest BCUT2D eigenvalue weighted by atomic mass is 14.5. The molecule has 70 valence electrons. The summed E-state index contributed by atoms with van der Waals surface area (Å²) in [5, 5.41) is 0. The lowest BCUT2D eigenvalue weighted by atomic mass is 9.52. The molecule has 0 saturated heterocycles. The monoisotopic (exact) mass is 166 g/mol. The number of rotatable bonds is 2. The molecule has 3 fully saturated rings. The highest BCUT2D eigenvalue weighted by Gasteiger charge is 2.46. The molecule has 0 aromatic carbocycles. The van der Waals surface area contributed by atoms with Crippen molar-refractivity contribution in [1.29, 1.82) is 0 Å². The van der Waals surface area contributed by atoms with Gasteiger partial charge in [0.05, 0.1) is 0 Å². The zero-order chi connectivity index (χ0) is 8.72. The molecule has 2 atom stereocenters. The van der Waals surface area contributed by atoms with Crippen LogP contribution in [0.15, 0.2) is 0 Å². The van der Waals surface area contributed by atoms with E-state index in [0.717, 1.165) is 29.6 Å². The van der Waals surface area contributed by atoms with E-state index in [9.17, 15) is 0 Å². The van der Waals surface area contributed by atoms with Crippen molar-refractivity contribution in [3.05, 3.63) is 0 Å². The maximum atomic E-state index is 2.40. The summed E-state index contributed by atoms with van der Waals surface area (Å²) in [6.07, 6.45) is 6.11. The minimum atomic E-state index is 0.938. The minimum Gasteiger partial charge on any atom is -0.0651 e. The van der Waals surface area contributed by atoms with Gasteiger partial charge in [-0.15, -0.1) is 0 Å². The van der Waals surface area contributed by atoms with E-state index in [0.29, 0.717) is 0 Å². The van der Waals surface area contributed by atoms with E-state index in [1.54, 1.807) is 19.3 Å². The molecule has 0 amide bonds. The van der Waals surface area contributed by atoms with Crippen LogP contribution in [-0.4, -0.2) is 0 Å². The lowest BCUT2D eigenvalue weighted by molar-refractivity contribution is -0.0333. The first-order valence-corrected chi connectivity index (χ1v) is 5.72. The summed E-state index contributed by atoms with van der Waals surface area (Å²) in [7, 11) is 0. The highest BCUT2D eigenvalue weighted by Crippen LogP contribution is 2.55. The second-order valence-electron chi connectivity index (χ2n) is 5.30. The van der Waals surface area contributed by atoms with Gasteiger partial charge in [-0.05, 0) is 48.9 Å². The second-order valence-corrected chi connectivity index (χ2v) is 5.30. The molecule has 0 aromatic heterocycles. The first-order chi connectivity index (χ1) is 5.72. The van der Waals surface area contributed by atoms with Gasteiger partial charge in [-0.3, -0.25) is 0 Å². The van der Waals surface area contributed by atoms with Crippen molar-refractivity contribution in [1.82, 2.24) is 0 Å². The largest absolute Gasteiger partial charge is 0.0651 e. The van der Waals surface area contributed by atoms with Gasteiger partial charge in [0.25, 0.3) is 0 Å². The zero-order valence-electron chi connectivity index (χ0n) is 8.72. The molecule has 0 heterocycles. The Morgan fingerprint density at radius 2 is 1.67 bits per heavy atom. The molecule has 0 N–H and O–H groups in total. The van der Waals surface area contributed by atoms with Crippen molar-refractivity contribution in [2.24, 2.45) is 29.6 Å². The molecule has 2 unspecified atom stereocenters. The molecule has 0 radical (unpaired) electrons. The molecule has 0 nitrogen and oxygen atoms in total. The van der Waals surface area contributed by atoms with Gasteiger partial charge in [-0.1, -0.05) is 27.2 Å². The van der Waals surface area contributed by atoms with Crippen LogP contribution in [0.2, 0.25) is 0 Å². The lowest BCUT2D eigenvalue weighted by Crippen LogP contribution is -2.44. The molecular formula is C12H22. The molecule has 2 bridgehead atoms. The van der Waals surface area contributed by atoms with Crippen molar-refractivity contribution in [3.8, 4) is 0 Å². The van der Waals surface area contributed by atoms with Gasteiger partial charge in [0.2, 0.25) is 0 Å². The zero-order valence-corrected chi connectivity index (χ0v) is 8.72. The van der Waals surface area contributed by atoms with Crippen molar-refractivity contribution in [2.45, 2.75) is 46.5 Å². The highest BCUT2D eigenvalue weighted by molar-refractivity contribution is 4.95. The molecule has 3 saturated carbocycles.